The molecule has 0 spiro atoms. The zero-order valence-corrected chi connectivity index (χ0v) is 11.8. The standard InChI is InChI=1S/C15H19N5/c1-2-3-15-18-8-13-10-20(5-4-14(13)19-15)9-12-6-16-11-17-7-12/h6-8,11H,2-5,9-10H2,1H3. The van der Waals surface area contributed by atoms with Crippen molar-refractivity contribution in [2.24, 2.45) is 0 Å². The van der Waals surface area contributed by atoms with Crippen LogP contribution in [0.3, 0.4) is 0 Å². The van der Waals surface area contributed by atoms with Crippen molar-refractivity contribution in [2.45, 2.75) is 39.3 Å². The molecule has 0 radical (unpaired) electrons. The number of aromatic nitrogens is 4. The van der Waals surface area contributed by atoms with Gasteiger partial charge in [0.2, 0.25) is 0 Å². The van der Waals surface area contributed by atoms with Crippen molar-refractivity contribution in [1.82, 2.24) is 24.8 Å². The van der Waals surface area contributed by atoms with Crippen LogP contribution in [-0.4, -0.2) is 31.4 Å². The highest BCUT2D eigenvalue weighted by atomic mass is 15.1. The summed E-state index contributed by atoms with van der Waals surface area (Å²) in [5, 5.41) is 0. The van der Waals surface area contributed by atoms with Gasteiger partial charge in [-0.25, -0.2) is 19.9 Å². The van der Waals surface area contributed by atoms with Gasteiger partial charge < -0.3 is 0 Å². The molecular formula is C15H19N5. The van der Waals surface area contributed by atoms with Crippen LogP contribution in [0, 0.1) is 0 Å². The third-order valence-electron chi connectivity index (χ3n) is 3.56. The van der Waals surface area contributed by atoms with E-state index in [1.54, 1.807) is 6.33 Å². The van der Waals surface area contributed by atoms with Gasteiger partial charge in [0.1, 0.15) is 12.2 Å². The van der Waals surface area contributed by atoms with Gasteiger partial charge in [-0.05, 0) is 6.42 Å². The summed E-state index contributed by atoms with van der Waals surface area (Å²) in [6.07, 6.45) is 10.4. The molecule has 3 heterocycles. The zero-order chi connectivity index (χ0) is 13.8. The summed E-state index contributed by atoms with van der Waals surface area (Å²) in [6, 6.07) is 0. The van der Waals surface area contributed by atoms with Gasteiger partial charge in [0.25, 0.3) is 0 Å². The normalized spacial score (nSPS) is 15.1. The number of hydrogen-bond acceptors (Lipinski definition) is 5. The Balaban J connectivity index is 1.69. The molecule has 3 rings (SSSR count). The monoisotopic (exact) mass is 269 g/mol. The first-order chi connectivity index (χ1) is 9.85. The second-order valence-electron chi connectivity index (χ2n) is 5.22. The van der Waals surface area contributed by atoms with Gasteiger partial charge in [0.05, 0.1) is 0 Å². The summed E-state index contributed by atoms with van der Waals surface area (Å²) in [7, 11) is 0. The maximum atomic E-state index is 4.68. The van der Waals surface area contributed by atoms with E-state index in [2.05, 4.69) is 31.8 Å². The lowest BCUT2D eigenvalue weighted by atomic mass is 10.1. The molecule has 0 saturated carbocycles. The molecule has 0 amide bonds. The first-order valence-corrected chi connectivity index (χ1v) is 7.15. The minimum absolute atomic E-state index is 0.886. The van der Waals surface area contributed by atoms with Gasteiger partial charge in [0.15, 0.2) is 0 Å². The van der Waals surface area contributed by atoms with E-state index in [0.717, 1.165) is 50.3 Å². The fourth-order valence-electron chi connectivity index (χ4n) is 2.56. The average molecular weight is 269 g/mol. The number of fused-ring (bicyclic) bond motifs is 1. The Bertz CT molecular complexity index is 570. The van der Waals surface area contributed by atoms with Gasteiger partial charge in [-0.2, -0.15) is 0 Å². The summed E-state index contributed by atoms with van der Waals surface area (Å²) in [5.74, 6) is 0.983. The Morgan fingerprint density at radius 1 is 1.20 bits per heavy atom. The molecule has 0 aliphatic carbocycles. The van der Waals surface area contributed by atoms with E-state index < -0.39 is 0 Å². The van der Waals surface area contributed by atoms with Crippen molar-refractivity contribution in [3.63, 3.8) is 0 Å². The predicted octanol–water partition coefficient (Wildman–Crippen LogP) is 1.78. The van der Waals surface area contributed by atoms with Crippen LogP contribution in [0.2, 0.25) is 0 Å². The van der Waals surface area contributed by atoms with Gasteiger partial charge in [-0.3, -0.25) is 4.90 Å². The number of nitrogens with zero attached hydrogens (tertiary/aromatic N) is 5. The lowest BCUT2D eigenvalue weighted by Gasteiger charge is -2.27. The lowest BCUT2D eigenvalue weighted by Crippen LogP contribution is -2.31. The van der Waals surface area contributed by atoms with Gasteiger partial charge >= 0.3 is 0 Å². The summed E-state index contributed by atoms with van der Waals surface area (Å²) in [4.78, 5) is 19.7. The van der Waals surface area contributed by atoms with Gasteiger partial charge in [-0.1, -0.05) is 6.92 Å². The smallest absolute Gasteiger partial charge is 0.128 e. The van der Waals surface area contributed by atoms with Crippen LogP contribution in [0.1, 0.15) is 36.0 Å². The Hall–Kier alpha value is -1.88. The molecule has 5 heteroatoms. The maximum Gasteiger partial charge on any atom is 0.128 e. The lowest BCUT2D eigenvalue weighted by molar-refractivity contribution is 0.242. The van der Waals surface area contributed by atoms with Gasteiger partial charge in [-0.15, -0.1) is 0 Å². The molecule has 1 aliphatic rings. The second kappa shape index (κ2) is 6.05. The zero-order valence-electron chi connectivity index (χ0n) is 11.8. The van der Waals surface area contributed by atoms with E-state index in [9.17, 15) is 0 Å². The van der Waals surface area contributed by atoms with Gasteiger partial charge in [0, 0.05) is 67.9 Å². The number of aryl methyl sites for hydroxylation is 1. The fourth-order valence-corrected chi connectivity index (χ4v) is 2.56. The van der Waals surface area contributed by atoms with Crippen LogP contribution in [-0.2, 0) is 25.9 Å². The summed E-state index contributed by atoms with van der Waals surface area (Å²) in [6.45, 7) is 4.99. The van der Waals surface area contributed by atoms with E-state index in [1.807, 2.05) is 18.6 Å². The van der Waals surface area contributed by atoms with E-state index in [4.69, 9.17) is 0 Å². The molecular weight excluding hydrogens is 250 g/mol. The molecule has 0 atom stereocenters. The largest absolute Gasteiger partial charge is 0.294 e. The fraction of sp³-hybridized carbons (Fsp3) is 0.467. The molecule has 20 heavy (non-hydrogen) atoms. The molecule has 5 nitrogen and oxygen atoms in total. The molecule has 104 valence electrons. The van der Waals surface area contributed by atoms with Crippen molar-refractivity contribution in [3.05, 3.63) is 47.6 Å². The highest BCUT2D eigenvalue weighted by Gasteiger charge is 2.18. The molecule has 0 unspecified atom stereocenters. The highest BCUT2D eigenvalue weighted by molar-refractivity contribution is 5.21. The molecule has 1 aliphatic heterocycles. The third kappa shape index (κ3) is 2.99. The first kappa shape index (κ1) is 13.1. The third-order valence-corrected chi connectivity index (χ3v) is 3.56. The van der Waals surface area contributed by atoms with Crippen LogP contribution in [0.25, 0.3) is 0 Å². The Morgan fingerprint density at radius 2 is 2.05 bits per heavy atom. The van der Waals surface area contributed by atoms with Crippen molar-refractivity contribution in [1.29, 1.82) is 0 Å². The highest BCUT2D eigenvalue weighted by Crippen LogP contribution is 2.18. The molecule has 0 fully saturated rings. The summed E-state index contributed by atoms with van der Waals surface area (Å²) < 4.78 is 0. The van der Waals surface area contributed by atoms with Crippen molar-refractivity contribution in [3.8, 4) is 0 Å². The second-order valence-corrected chi connectivity index (χ2v) is 5.22. The minimum atomic E-state index is 0.886. The SMILES string of the molecule is CCCc1ncc2c(n1)CCN(Cc1cncnc1)C2. The Labute approximate surface area is 119 Å². The minimum Gasteiger partial charge on any atom is -0.294 e. The van der Waals surface area contributed by atoms with Crippen LogP contribution in [0.4, 0.5) is 0 Å². The summed E-state index contributed by atoms with van der Waals surface area (Å²) in [5.41, 5.74) is 3.64. The molecule has 2 aromatic heterocycles. The van der Waals surface area contributed by atoms with Crippen LogP contribution in [0.15, 0.2) is 24.9 Å². The van der Waals surface area contributed by atoms with Crippen molar-refractivity contribution in [2.75, 3.05) is 6.54 Å². The predicted molar refractivity (Wildman–Crippen MR) is 75.9 cm³/mol. The maximum absolute atomic E-state index is 4.68. The van der Waals surface area contributed by atoms with Crippen LogP contribution in [0.5, 0.6) is 0 Å². The van der Waals surface area contributed by atoms with E-state index >= 15 is 0 Å². The van der Waals surface area contributed by atoms with E-state index in [0.29, 0.717) is 0 Å². The number of hydrogen-bond donors (Lipinski definition) is 0. The molecule has 0 N–H and O–H groups in total. The Morgan fingerprint density at radius 3 is 2.85 bits per heavy atom. The topological polar surface area (TPSA) is 54.8 Å². The molecule has 0 aromatic carbocycles. The van der Waals surface area contributed by atoms with Crippen molar-refractivity contribution < 1.29 is 0 Å². The Kier molecular flexibility index (Phi) is 3.97. The first-order valence-electron chi connectivity index (χ1n) is 7.15. The average Bonchev–Trinajstić information content (AvgIpc) is 2.49. The van der Waals surface area contributed by atoms with E-state index in [1.165, 1.54) is 11.3 Å². The molecule has 0 bridgehead atoms. The van der Waals surface area contributed by atoms with Crippen LogP contribution >= 0.6 is 0 Å². The number of rotatable bonds is 4. The van der Waals surface area contributed by atoms with Crippen LogP contribution < -0.4 is 0 Å². The van der Waals surface area contributed by atoms with E-state index in [-0.39, 0.29) is 0 Å². The van der Waals surface area contributed by atoms with Crippen molar-refractivity contribution >= 4 is 0 Å². The molecule has 0 saturated heterocycles. The summed E-state index contributed by atoms with van der Waals surface area (Å²) >= 11 is 0. The quantitative estimate of drug-likeness (QED) is 0.847. The molecule has 2 aromatic rings.